The van der Waals surface area contributed by atoms with E-state index < -0.39 is 0 Å². The summed E-state index contributed by atoms with van der Waals surface area (Å²) in [5.74, 6) is 0.815. The van der Waals surface area contributed by atoms with E-state index in [1.165, 1.54) is 11.5 Å². The molecular formula is C12H14ClN3OS. The molecule has 6 heteroatoms. The van der Waals surface area contributed by atoms with Gasteiger partial charge in [0.25, 0.3) is 0 Å². The highest BCUT2D eigenvalue weighted by Crippen LogP contribution is 2.22. The van der Waals surface area contributed by atoms with E-state index in [2.05, 4.69) is 14.7 Å². The molecule has 0 fully saturated rings. The van der Waals surface area contributed by atoms with Crippen LogP contribution in [-0.2, 0) is 6.42 Å². The van der Waals surface area contributed by atoms with Crippen LogP contribution in [0.2, 0.25) is 5.02 Å². The van der Waals surface area contributed by atoms with Crippen molar-refractivity contribution in [3.8, 4) is 0 Å². The first kappa shape index (κ1) is 13.3. The van der Waals surface area contributed by atoms with Crippen LogP contribution in [0, 0.1) is 0 Å². The lowest BCUT2D eigenvalue weighted by Crippen LogP contribution is -2.14. The predicted molar refractivity (Wildman–Crippen MR) is 74.2 cm³/mol. The molecule has 1 unspecified atom stereocenters. The minimum Gasteiger partial charge on any atom is -0.394 e. The molecule has 0 bridgehead atoms. The lowest BCUT2D eigenvalue weighted by Gasteiger charge is -2.15. The van der Waals surface area contributed by atoms with Gasteiger partial charge in [0.2, 0.25) is 5.13 Å². The Labute approximate surface area is 115 Å². The topological polar surface area (TPSA) is 58.0 Å². The molecule has 96 valence electrons. The monoisotopic (exact) mass is 283 g/mol. The molecule has 0 aliphatic heterocycles. The number of hydrogen-bond donors (Lipinski definition) is 2. The van der Waals surface area contributed by atoms with Gasteiger partial charge in [0.05, 0.1) is 12.6 Å². The van der Waals surface area contributed by atoms with Crippen molar-refractivity contribution in [2.24, 2.45) is 0 Å². The van der Waals surface area contributed by atoms with Gasteiger partial charge in [0.15, 0.2) is 0 Å². The summed E-state index contributed by atoms with van der Waals surface area (Å²) < 4.78 is 4.20. The van der Waals surface area contributed by atoms with Crippen molar-refractivity contribution in [1.82, 2.24) is 9.36 Å². The standard InChI is InChI=1S/C12H14ClN3OS/c1-2-11-15-12(18-16-11)14-10(7-17)8-3-5-9(13)6-4-8/h3-6,10,17H,2,7H2,1H3,(H,14,15,16). The van der Waals surface area contributed by atoms with Crippen LogP contribution in [-0.4, -0.2) is 21.1 Å². The molecule has 1 aromatic heterocycles. The molecule has 4 nitrogen and oxygen atoms in total. The van der Waals surface area contributed by atoms with Gasteiger partial charge in [-0.15, -0.1) is 0 Å². The smallest absolute Gasteiger partial charge is 0.203 e. The van der Waals surface area contributed by atoms with Gasteiger partial charge in [-0.05, 0) is 17.7 Å². The fourth-order valence-corrected chi connectivity index (χ4v) is 2.36. The van der Waals surface area contributed by atoms with Crippen molar-refractivity contribution in [3.63, 3.8) is 0 Å². The zero-order valence-corrected chi connectivity index (χ0v) is 11.5. The molecule has 0 radical (unpaired) electrons. The van der Waals surface area contributed by atoms with E-state index in [0.29, 0.717) is 5.02 Å². The van der Waals surface area contributed by atoms with E-state index in [-0.39, 0.29) is 12.6 Å². The SMILES string of the molecule is CCc1nsc(NC(CO)c2ccc(Cl)cc2)n1. The van der Waals surface area contributed by atoms with Crippen molar-refractivity contribution in [2.45, 2.75) is 19.4 Å². The summed E-state index contributed by atoms with van der Waals surface area (Å²) in [7, 11) is 0. The Kier molecular flexibility index (Phi) is 4.52. The van der Waals surface area contributed by atoms with Gasteiger partial charge in [-0.1, -0.05) is 30.7 Å². The maximum absolute atomic E-state index is 9.44. The second kappa shape index (κ2) is 6.13. The number of nitrogens with zero attached hydrogens (tertiary/aromatic N) is 2. The fraction of sp³-hybridized carbons (Fsp3) is 0.333. The van der Waals surface area contributed by atoms with Gasteiger partial charge in [0.1, 0.15) is 5.82 Å². The summed E-state index contributed by atoms with van der Waals surface area (Å²) in [6, 6.07) is 7.19. The molecule has 2 aromatic rings. The number of aliphatic hydroxyl groups excluding tert-OH is 1. The van der Waals surface area contributed by atoms with E-state index in [9.17, 15) is 5.11 Å². The second-order valence-electron chi connectivity index (χ2n) is 3.80. The maximum Gasteiger partial charge on any atom is 0.203 e. The molecule has 0 aliphatic carbocycles. The lowest BCUT2D eigenvalue weighted by atomic mass is 10.1. The molecule has 18 heavy (non-hydrogen) atoms. The highest BCUT2D eigenvalue weighted by atomic mass is 35.5. The highest BCUT2D eigenvalue weighted by molar-refractivity contribution is 7.09. The molecule has 0 aliphatic rings. The van der Waals surface area contributed by atoms with Crippen LogP contribution in [0.25, 0.3) is 0 Å². The Balaban J connectivity index is 2.11. The number of benzene rings is 1. The van der Waals surface area contributed by atoms with E-state index >= 15 is 0 Å². The third kappa shape index (κ3) is 3.19. The molecular weight excluding hydrogens is 270 g/mol. The van der Waals surface area contributed by atoms with E-state index in [0.717, 1.165) is 22.9 Å². The number of halogens is 1. The highest BCUT2D eigenvalue weighted by Gasteiger charge is 2.12. The van der Waals surface area contributed by atoms with Crippen LogP contribution in [0.15, 0.2) is 24.3 Å². The first-order chi connectivity index (χ1) is 8.72. The molecule has 1 heterocycles. The van der Waals surface area contributed by atoms with Crippen LogP contribution in [0.1, 0.15) is 24.4 Å². The second-order valence-corrected chi connectivity index (χ2v) is 4.99. The maximum atomic E-state index is 9.44. The number of aryl methyl sites for hydroxylation is 1. The summed E-state index contributed by atoms with van der Waals surface area (Å²) in [5.41, 5.74) is 0.968. The van der Waals surface area contributed by atoms with Gasteiger partial charge < -0.3 is 10.4 Å². The molecule has 2 rings (SSSR count). The number of aromatic nitrogens is 2. The van der Waals surface area contributed by atoms with Gasteiger partial charge >= 0.3 is 0 Å². The third-order valence-electron chi connectivity index (χ3n) is 2.54. The summed E-state index contributed by atoms with van der Waals surface area (Å²) in [6.07, 6.45) is 0.808. The summed E-state index contributed by atoms with van der Waals surface area (Å²) in [6.45, 7) is 2.00. The Bertz CT molecular complexity index is 500. The predicted octanol–water partition coefficient (Wildman–Crippen LogP) is 2.90. The van der Waals surface area contributed by atoms with Gasteiger partial charge in [0, 0.05) is 23.0 Å². The third-order valence-corrected chi connectivity index (χ3v) is 3.47. The zero-order chi connectivity index (χ0) is 13.0. The fourth-order valence-electron chi connectivity index (χ4n) is 1.53. The van der Waals surface area contributed by atoms with Crippen LogP contribution < -0.4 is 5.32 Å². The van der Waals surface area contributed by atoms with Crippen LogP contribution in [0.4, 0.5) is 5.13 Å². The van der Waals surface area contributed by atoms with Crippen molar-refractivity contribution in [3.05, 3.63) is 40.7 Å². The summed E-state index contributed by atoms with van der Waals surface area (Å²) in [5, 5.41) is 14.0. The van der Waals surface area contributed by atoms with Gasteiger partial charge in [-0.3, -0.25) is 0 Å². The van der Waals surface area contributed by atoms with E-state index in [4.69, 9.17) is 11.6 Å². The number of nitrogens with one attached hydrogen (secondary N) is 1. The lowest BCUT2D eigenvalue weighted by molar-refractivity contribution is 0.276. The molecule has 0 amide bonds. The van der Waals surface area contributed by atoms with Crippen molar-refractivity contribution >= 4 is 28.3 Å². The Morgan fingerprint density at radius 2 is 2.11 bits per heavy atom. The molecule has 0 spiro atoms. The number of hydrogen-bond acceptors (Lipinski definition) is 5. The van der Waals surface area contributed by atoms with Crippen LogP contribution >= 0.6 is 23.1 Å². The minimum atomic E-state index is -0.195. The van der Waals surface area contributed by atoms with E-state index in [1.807, 2.05) is 19.1 Å². The number of anilines is 1. The molecule has 1 aromatic carbocycles. The van der Waals surface area contributed by atoms with Crippen molar-refractivity contribution in [1.29, 1.82) is 0 Å². The number of rotatable bonds is 5. The molecule has 1 atom stereocenters. The average molecular weight is 284 g/mol. The van der Waals surface area contributed by atoms with Gasteiger partial charge in [-0.25, -0.2) is 4.98 Å². The zero-order valence-electron chi connectivity index (χ0n) is 9.93. The van der Waals surface area contributed by atoms with Crippen molar-refractivity contribution in [2.75, 3.05) is 11.9 Å². The molecule has 2 N–H and O–H groups in total. The largest absolute Gasteiger partial charge is 0.394 e. The first-order valence-electron chi connectivity index (χ1n) is 5.68. The first-order valence-corrected chi connectivity index (χ1v) is 6.83. The average Bonchev–Trinajstić information content (AvgIpc) is 2.85. The Hall–Kier alpha value is -1.17. The Morgan fingerprint density at radius 1 is 1.39 bits per heavy atom. The van der Waals surface area contributed by atoms with Crippen molar-refractivity contribution < 1.29 is 5.11 Å². The van der Waals surface area contributed by atoms with Crippen LogP contribution in [0.5, 0.6) is 0 Å². The normalized spacial score (nSPS) is 12.4. The quantitative estimate of drug-likeness (QED) is 0.886. The summed E-state index contributed by atoms with van der Waals surface area (Å²) in [4.78, 5) is 4.32. The molecule has 0 saturated carbocycles. The number of aliphatic hydroxyl groups is 1. The summed E-state index contributed by atoms with van der Waals surface area (Å²) >= 11 is 7.14. The molecule has 0 saturated heterocycles. The van der Waals surface area contributed by atoms with Crippen LogP contribution in [0.3, 0.4) is 0 Å². The van der Waals surface area contributed by atoms with Gasteiger partial charge in [-0.2, -0.15) is 4.37 Å². The van der Waals surface area contributed by atoms with E-state index in [1.54, 1.807) is 12.1 Å². The minimum absolute atomic E-state index is 0.0112. The Morgan fingerprint density at radius 3 is 2.67 bits per heavy atom.